The summed E-state index contributed by atoms with van der Waals surface area (Å²) < 4.78 is 102. The normalized spacial score (nSPS) is 13.0. The molecule has 1 heterocycles. The van der Waals surface area contributed by atoms with Gasteiger partial charge in [-0.05, 0) is 6.07 Å². The van der Waals surface area contributed by atoms with Crippen LogP contribution in [0.15, 0.2) is 11.0 Å². The molecule has 1 aromatic carbocycles. The summed E-state index contributed by atoms with van der Waals surface area (Å²) in [6.45, 7) is 0. The van der Waals surface area contributed by atoms with Crippen molar-refractivity contribution in [2.45, 2.75) is 16.6 Å². The standard InChI is InChI=1S/C12H6Cl2F6N4O3S/c13-3-1-2(11(15,16)17)6(21)5(14)4(3)7-9(8(10(22)25)24-23-7)28(26,27)12(18,19)20/h1H,21H2,(H2,22,25)(H,23,24). The number of nitrogen functional groups attached to an aromatic ring is 1. The van der Waals surface area contributed by atoms with Crippen LogP contribution in [0.2, 0.25) is 10.0 Å². The number of amides is 1. The maximum absolute atomic E-state index is 13.0. The minimum absolute atomic E-state index is 0.229. The van der Waals surface area contributed by atoms with Crippen molar-refractivity contribution in [2.75, 3.05) is 5.73 Å². The number of rotatable bonds is 3. The van der Waals surface area contributed by atoms with Crippen LogP contribution in [0, 0.1) is 0 Å². The molecule has 5 N–H and O–H groups in total. The highest BCUT2D eigenvalue weighted by molar-refractivity contribution is 7.92. The highest BCUT2D eigenvalue weighted by Crippen LogP contribution is 2.47. The van der Waals surface area contributed by atoms with Crippen molar-refractivity contribution in [3.8, 4) is 11.3 Å². The number of carbonyl (C=O) groups is 1. The van der Waals surface area contributed by atoms with Gasteiger partial charge in [0.2, 0.25) is 0 Å². The third kappa shape index (κ3) is 3.46. The predicted molar refractivity (Wildman–Crippen MR) is 85.2 cm³/mol. The molecule has 0 aliphatic carbocycles. The molecule has 0 fully saturated rings. The molecule has 0 atom stereocenters. The lowest BCUT2D eigenvalue weighted by Crippen LogP contribution is -2.26. The van der Waals surface area contributed by atoms with E-state index < -0.39 is 70.6 Å². The van der Waals surface area contributed by atoms with E-state index in [1.807, 2.05) is 0 Å². The fourth-order valence-corrected chi connectivity index (χ4v) is 3.84. The monoisotopic (exact) mass is 470 g/mol. The molecular weight excluding hydrogens is 465 g/mol. The number of carbonyl (C=O) groups excluding carboxylic acids is 1. The Labute approximate surface area is 161 Å². The molecule has 0 spiro atoms. The molecule has 0 aliphatic rings. The first-order valence-electron chi connectivity index (χ1n) is 6.56. The highest BCUT2D eigenvalue weighted by Gasteiger charge is 2.51. The van der Waals surface area contributed by atoms with Crippen molar-refractivity contribution >= 4 is 44.6 Å². The van der Waals surface area contributed by atoms with Crippen LogP contribution in [0.1, 0.15) is 16.1 Å². The Morgan fingerprint density at radius 1 is 1.14 bits per heavy atom. The SMILES string of the molecule is NC(=O)c1n[nH]c(-c2c(Cl)cc(C(F)(F)F)c(N)c2Cl)c1S(=O)(=O)C(F)(F)F. The van der Waals surface area contributed by atoms with Crippen LogP contribution in [-0.4, -0.2) is 30.0 Å². The first kappa shape index (κ1) is 22.1. The van der Waals surface area contributed by atoms with Gasteiger partial charge in [0.05, 0.1) is 27.0 Å². The Bertz CT molecular complexity index is 1080. The fraction of sp³-hybridized carbons (Fsp3) is 0.167. The molecule has 0 unspecified atom stereocenters. The van der Waals surface area contributed by atoms with Gasteiger partial charge in [-0.3, -0.25) is 9.89 Å². The van der Waals surface area contributed by atoms with Crippen LogP contribution >= 0.6 is 23.2 Å². The number of halogens is 8. The zero-order valence-electron chi connectivity index (χ0n) is 12.8. The highest BCUT2D eigenvalue weighted by atomic mass is 35.5. The topological polar surface area (TPSA) is 132 Å². The molecule has 154 valence electrons. The van der Waals surface area contributed by atoms with E-state index in [1.165, 1.54) is 0 Å². The van der Waals surface area contributed by atoms with Gasteiger partial charge in [-0.25, -0.2) is 8.42 Å². The number of aromatic nitrogens is 2. The van der Waals surface area contributed by atoms with Crippen LogP contribution < -0.4 is 11.5 Å². The van der Waals surface area contributed by atoms with Crippen molar-refractivity contribution in [3.05, 3.63) is 27.4 Å². The molecule has 0 bridgehead atoms. The average Bonchev–Trinajstić information content (AvgIpc) is 2.94. The smallest absolute Gasteiger partial charge is 0.397 e. The number of aromatic amines is 1. The quantitative estimate of drug-likeness (QED) is 0.467. The van der Waals surface area contributed by atoms with E-state index in [0.29, 0.717) is 0 Å². The van der Waals surface area contributed by atoms with E-state index in [2.05, 4.69) is 5.10 Å². The van der Waals surface area contributed by atoms with Crippen LogP contribution in [0.4, 0.5) is 32.0 Å². The molecule has 16 heteroatoms. The molecule has 1 amide bonds. The molecule has 0 radical (unpaired) electrons. The third-order valence-corrected chi connectivity index (χ3v) is 5.57. The summed E-state index contributed by atoms with van der Waals surface area (Å²) in [5.74, 6) is -1.67. The van der Waals surface area contributed by atoms with Crippen molar-refractivity contribution in [3.63, 3.8) is 0 Å². The number of primary amides is 1. The summed E-state index contributed by atoms with van der Waals surface area (Å²) in [6.07, 6.45) is -5.02. The second-order valence-corrected chi connectivity index (χ2v) is 7.76. The molecule has 1 aromatic heterocycles. The number of nitrogens with two attached hydrogens (primary N) is 2. The second kappa shape index (κ2) is 6.70. The Hall–Kier alpha value is -2.19. The summed E-state index contributed by atoms with van der Waals surface area (Å²) in [5, 5.41) is 2.95. The predicted octanol–water partition coefficient (Wildman–Crippen LogP) is 3.38. The zero-order chi connectivity index (χ0) is 21.8. The van der Waals surface area contributed by atoms with Gasteiger partial charge in [0.1, 0.15) is 4.90 Å². The van der Waals surface area contributed by atoms with Crippen molar-refractivity contribution < 1.29 is 39.6 Å². The minimum Gasteiger partial charge on any atom is -0.397 e. The summed E-state index contributed by atoms with van der Waals surface area (Å²) in [7, 11) is -6.25. The number of alkyl halides is 6. The van der Waals surface area contributed by atoms with Gasteiger partial charge in [0, 0.05) is 5.56 Å². The van der Waals surface area contributed by atoms with E-state index >= 15 is 0 Å². The number of hydrogen-bond acceptors (Lipinski definition) is 5. The number of H-pyrrole nitrogens is 1. The molecule has 7 nitrogen and oxygen atoms in total. The summed E-state index contributed by atoms with van der Waals surface area (Å²) in [4.78, 5) is 9.58. The lowest BCUT2D eigenvalue weighted by molar-refractivity contribution is -0.136. The van der Waals surface area contributed by atoms with E-state index in [0.717, 1.165) is 0 Å². The Kier molecular flexibility index (Phi) is 5.29. The maximum atomic E-state index is 13.0. The zero-order valence-corrected chi connectivity index (χ0v) is 15.2. The number of sulfone groups is 1. The Balaban J connectivity index is 2.97. The van der Waals surface area contributed by atoms with Crippen LogP contribution in [0.3, 0.4) is 0 Å². The van der Waals surface area contributed by atoms with E-state index in [9.17, 15) is 39.6 Å². The van der Waals surface area contributed by atoms with Gasteiger partial charge < -0.3 is 11.5 Å². The van der Waals surface area contributed by atoms with Gasteiger partial charge in [-0.15, -0.1) is 0 Å². The minimum atomic E-state index is -6.25. The van der Waals surface area contributed by atoms with Crippen LogP contribution in [0.5, 0.6) is 0 Å². The number of benzene rings is 1. The van der Waals surface area contributed by atoms with Crippen LogP contribution in [-0.2, 0) is 16.0 Å². The first-order valence-corrected chi connectivity index (χ1v) is 8.80. The second-order valence-electron chi connectivity index (χ2n) is 5.10. The van der Waals surface area contributed by atoms with Gasteiger partial charge in [0.15, 0.2) is 5.69 Å². The van der Waals surface area contributed by atoms with Crippen LogP contribution in [0.25, 0.3) is 11.3 Å². The molecule has 2 rings (SSSR count). The van der Waals surface area contributed by atoms with E-state index in [-0.39, 0.29) is 6.07 Å². The summed E-state index contributed by atoms with van der Waals surface area (Å²) in [6, 6.07) is 0.229. The molecule has 0 aliphatic heterocycles. The Morgan fingerprint density at radius 2 is 1.68 bits per heavy atom. The number of hydrogen-bond donors (Lipinski definition) is 3. The fourth-order valence-electron chi connectivity index (χ4n) is 2.14. The van der Waals surface area contributed by atoms with Gasteiger partial charge >= 0.3 is 11.7 Å². The number of nitrogens with one attached hydrogen (secondary N) is 1. The summed E-state index contributed by atoms with van der Waals surface area (Å²) in [5.41, 5.74) is -1.75. The maximum Gasteiger partial charge on any atom is 0.502 e. The third-order valence-electron chi connectivity index (χ3n) is 3.34. The Morgan fingerprint density at radius 3 is 2.11 bits per heavy atom. The van der Waals surface area contributed by atoms with Crippen molar-refractivity contribution in [1.29, 1.82) is 0 Å². The lowest BCUT2D eigenvalue weighted by atomic mass is 10.1. The van der Waals surface area contributed by atoms with Gasteiger partial charge in [-0.2, -0.15) is 31.4 Å². The van der Waals surface area contributed by atoms with Crippen molar-refractivity contribution in [2.24, 2.45) is 5.73 Å². The molecular formula is C12H6Cl2F6N4O3S. The largest absolute Gasteiger partial charge is 0.502 e. The van der Waals surface area contributed by atoms with Gasteiger partial charge in [-0.1, -0.05) is 23.2 Å². The number of anilines is 1. The average molecular weight is 471 g/mol. The molecule has 2 aromatic rings. The number of nitrogens with zero attached hydrogens (tertiary/aromatic N) is 1. The lowest BCUT2D eigenvalue weighted by Gasteiger charge is -2.16. The van der Waals surface area contributed by atoms with Gasteiger partial charge in [0.25, 0.3) is 15.7 Å². The molecule has 28 heavy (non-hydrogen) atoms. The van der Waals surface area contributed by atoms with E-state index in [1.54, 1.807) is 5.10 Å². The van der Waals surface area contributed by atoms with E-state index in [4.69, 9.17) is 34.7 Å². The van der Waals surface area contributed by atoms with Crippen molar-refractivity contribution in [1.82, 2.24) is 10.2 Å². The summed E-state index contributed by atoms with van der Waals surface area (Å²) >= 11 is 11.4. The molecule has 0 saturated carbocycles. The molecule has 0 saturated heterocycles. The first-order chi connectivity index (χ1) is 12.5.